The first kappa shape index (κ1) is 17.7. The Kier molecular flexibility index (Phi) is 4.53. The molecule has 28 heavy (non-hydrogen) atoms. The summed E-state index contributed by atoms with van der Waals surface area (Å²) in [6.07, 6.45) is 1.78. The van der Waals surface area contributed by atoms with Crippen LogP contribution in [0, 0.1) is 6.92 Å². The standard InChI is InChI=1S/C22H20N4O2/c1-3-26-14(2)19(13-23-26)21-12-18(17-9-4-5-10-20(17)25-21)22(28)24-15-7-6-8-16(27)11-15/h4-13,27H,3H2,1-2H3,(H,24,28). The van der Waals surface area contributed by atoms with Gasteiger partial charge in [0.2, 0.25) is 0 Å². The van der Waals surface area contributed by atoms with Gasteiger partial charge in [0.05, 0.1) is 23.0 Å². The Balaban J connectivity index is 1.82. The molecule has 0 aliphatic rings. The number of nitrogens with one attached hydrogen (secondary N) is 1. The molecule has 0 atom stereocenters. The van der Waals surface area contributed by atoms with E-state index in [0.717, 1.165) is 28.7 Å². The molecule has 0 unspecified atom stereocenters. The van der Waals surface area contributed by atoms with E-state index in [1.807, 2.05) is 42.8 Å². The van der Waals surface area contributed by atoms with E-state index in [9.17, 15) is 9.90 Å². The third-order valence-corrected chi connectivity index (χ3v) is 4.74. The Hall–Kier alpha value is -3.67. The SMILES string of the molecule is CCn1ncc(-c2cc(C(=O)Nc3cccc(O)c3)c3ccccc3n2)c1C. The molecule has 0 spiro atoms. The van der Waals surface area contributed by atoms with Crippen molar-refractivity contribution in [2.75, 3.05) is 5.32 Å². The number of nitrogens with zero attached hydrogens (tertiary/aromatic N) is 3. The van der Waals surface area contributed by atoms with Gasteiger partial charge < -0.3 is 10.4 Å². The highest BCUT2D eigenvalue weighted by Crippen LogP contribution is 2.28. The Morgan fingerprint density at radius 1 is 1.14 bits per heavy atom. The van der Waals surface area contributed by atoms with Crippen molar-refractivity contribution in [3.05, 3.63) is 72.1 Å². The maximum Gasteiger partial charge on any atom is 0.256 e. The average molecular weight is 372 g/mol. The summed E-state index contributed by atoms with van der Waals surface area (Å²) < 4.78 is 1.90. The largest absolute Gasteiger partial charge is 0.508 e. The number of aromatic hydroxyl groups is 1. The molecule has 6 nitrogen and oxygen atoms in total. The number of aryl methyl sites for hydroxylation is 1. The summed E-state index contributed by atoms with van der Waals surface area (Å²) in [6.45, 7) is 4.80. The molecular weight excluding hydrogens is 352 g/mol. The molecule has 4 rings (SSSR count). The van der Waals surface area contributed by atoms with Gasteiger partial charge in [-0.25, -0.2) is 4.98 Å². The fourth-order valence-electron chi connectivity index (χ4n) is 3.30. The van der Waals surface area contributed by atoms with Gasteiger partial charge in [0.15, 0.2) is 0 Å². The number of carbonyl (C=O) groups excluding carboxylic acids is 1. The van der Waals surface area contributed by atoms with Crippen LogP contribution in [0.15, 0.2) is 60.8 Å². The van der Waals surface area contributed by atoms with Crippen molar-refractivity contribution >= 4 is 22.5 Å². The number of hydrogen-bond donors (Lipinski definition) is 2. The van der Waals surface area contributed by atoms with Crippen molar-refractivity contribution in [3.63, 3.8) is 0 Å². The fourth-order valence-corrected chi connectivity index (χ4v) is 3.30. The van der Waals surface area contributed by atoms with E-state index in [1.54, 1.807) is 30.5 Å². The van der Waals surface area contributed by atoms with Crippen LogP contribution in [-0.2, 0) is 6.54 Å². The van der Waals surface area contributed by atoms with E-state index in [2.05, 4.69) is 10.4 Å². The van der Waals surface area contributed by atoms with Crippen LogP contribution in [0.5, 0.6) is 5.75 Å². The third-order valence-electron chi connectivity index (χ3n) is 4.74. The van der Waals surface area contributed by atoms with Crippen LogP contribution in [-0.4, -0.2) is 25.8 Å². The summed E-state index contributed by atoms with van der Waals surface area (Å²) in [5, 5.41) is 17.7. The molecule has 0 bridgehead atoms. The van der Waals surface area contributed by atoms with Crippen LogP contribution in [0.3, 0.4) is 0 Å². The molecule has 0 aliphatic heterocycles. The zero-order chi connectivity index (χ0) is 19.7. The Labute approximate surface area is 162 Å². The van der Waals surface area contributed by atoms with Gasteiger partial charge in [-0.15, -0.1) is 0 Å². The van der Waals surface area contributed by atoms with Gasteiger partial charge in [0.25, 0.3) is 5.91 Å². The van der Waals surface area contributed by atoms with Gasteiger partial charge in [0.1, 0.15) is 5.75 Å². The zero-order valence-corrected chi connectivity index (χ0v) is 15.7. The van der Waals surface area contributed by atoms with Gasteiger partial charge in [-0.2, -0.15) is 5.10 Å². The first-order valence-electron chi connectivity index (χ1n) is 9.09. The van der Waals surface area contributed by atoms with Crippen molar-refractivity contribution in [2.45, 2.75) is 20.4 Å². The fraction of sp³-hybridized carbons (Fsp3) is 0.136. The minimum Gasteiger partial charge on any atom is -0.508 e. The molecule has 1 amide bonds. The first-order chi connectivity index (χ1) is 13.6. The number of phenols is 1. The number of para-hydroxylation sites is 1. The van der Waals surface area contributed by atoms with Crippen molar-refractivity contribution in [2.24, 2.45) is 0 Å². The molecule has 0 saturated carbocycles. The summed E-state index contributed by atoms with van der Waals surface area (Å²) in [5.74, 6) is -0.160. The summed E-state index contributed by atoms with van der Waals surface area (Å²) in [7, 11) is 0. The van der Waals surface area contributed by atoms with Crippen molar-refractivity contribution < 1.29 is 9.90 Å². The van der Waals surface area contributed by atoms with E-state index >= 15 is 0 Å². The molecule has 2 aromatic carbocycles. The van der Waals surface area contributed by atoms with Crippen molar-refractivity contribution in [3.8, 4) is 17.0 Å². The summed E-state index contributed by atoms with van der Waals surface area (Å²) in [4.78, 5) is 17.8. The number of carbonyl (C=O) groups is 1. The highest BCUT2D eigenvalue weighted by Gasteiger charge is 2.17. The van der Waals surface area contributed by atoms with Crippen LogP contribution in [0.4, 0.5) is 5.69 Å². The lowest BCUT2D eigenvalue weighted by Gasteiger charge is -2.11. The van der Waals surface area contributed by atoms with Crippen LogP contribution >= 0.6 is 0 Å². The lowest BCUT2D eigenvalue weighted by atomic mass is 10.0. The second-order valence-electron chi connectivity index (χ2n) is 6.54. The maximum atomic E-state index is 13.0. The Morgan fingerprint density at radius 3 is 2.71 bits per heavy atom. The number of hydrogen-bond acceptors (Lipinski definition) is 4. The zero-order valence-electron chi connectivity index (χ0n) is 15.7. The molecule has 0 saturated heterocycles. The number of pyridine rings is 1. The highest BCUT2D eigenvalue weighted by molar-refractivity contribution is 6.13. The van der Waals surface area contributed by atoms with Gasteiger partial charge in [-0.1, -0.05) is 24.3 Å². The summed E-state index contributed by atoms with van der Waals surface area (Å²) in [5.41, 5.74) is 4.40. The van der Waals surface area contributed by atoms with Gasteiger partial charge in [-0.3, -0.25) is 9.48 Å². The molecule has 0 aliphatic carbocycles. The normalized spacial score (nSPS) is 10.9. The van der Waals surface area contributed by atoms with Crippen LogP contribution < -0.4 is 5.32 Å². The Morgan fingerprint density at radius 2 is 1.96 bits per heavy atom. The molecule has 0 radical (unpaired) electrons. The highest BCUT2D eigenvalue weighted by atomic mass is 16.3. The van der Waals surface area contributed by atoms with Crippen LogP contribution in [0.2, 0.25) is 0 Å². The lowest BCUT2D eigenvalue weighted by Crippen LogP contribution is -2.13. The number of fused-ring (bicyclic) bond motifs is 1. The lowest BCUT2D eigenvalue weighted by molar-refractivity contribution is 0.102. The van der Waals surface area contributed by atoms with Gasteiger partial charge >= 0.3 is 0 Å². The topological polar surface area (TPSA) is 80.0 Å². The predicted octanol–water partition coefficient (Wildman–Crippen LogP) is 4.38. The summed E-state index contributed by atoms with van der Waals surface area (Å²) >= 11 is 0. The van der Waals surface area contributed by atoms with E-state index < -0.39 is 0 Å². The smallest absolute Gasteiger partial charge is 0.256 e. The van der Waals surface area contributed by atoms with E-state index in [4.69, 9.17) is 4.98 Å². The number of rotatable bonds is 4. The molecule has 0 fully saturated rings. The number of benzene rings is 2. The molecule has 2 heterocycles. The van der Waals surface area contributed by atoms with Gasteiger partial charge in [0, 0.05) is 34.9 Å². The van der Waals surface area contributed by atoms with E-state index in [1.165, 1.54) is 6.07 Å². The molecule has 6 heteroatoms. The van der Waals surface area contributed by atoms with Crippen molar-refractivity contribution in [1.82, 2.24) is 14.8 Å². The maximum absolute atomic E-state index is 13.0. The second kappa shape index (κ2) is 7.15. The molecular formula is C22H20N4O2. The van der Waals surface area contributed by atoms with Gasteiger partial charge in [-0.05, 0) is 38.1 Å². The monoisotopic (exact) mass is 372 g/mol. The minimum absolute atomic E-state index is 0.0979. The van der Waals surface area contributed by atoms with E-state index in [-0.39, 0.29) is 11.7 Å². The first-order valence-corrected chi connectivity index (χ1v) is 9.09. The molecule has 2 N–H and O–H groups in total. The second-order valence-corrected chi connectivity index (χ2v) is 6.54. The number of amides is 1. The van der Waals surface area contributed by atoms with Crippen LogP contribution in [0.25, 0.3) is 22.2 Å². The van der Waals surface area contributed by atoms with Crippen LogP contribution in [0.1, 0.15) is 23.0 Å². The number of phenolic OH excluding ortho intramolecular Hbond substituents is 1. The Bertz CT molecular complexity index is 1180. The van der Waals surface area contributed by atoms with E-state index in [0.29, 0.717) is 16.9 Å². The minimum atomic E-state index is -0.258. The quantitative estimate of drug-likeness (QED) is 0.557. The average Bonchev–Trinajstić information content (AvgIpc) is 3.07. The number of aromatic nitrogens is 3. The third kappa shape index (κ3) is 3.20. The molecule has 4 aromatic rings. The number of anilines is 1. The molecule has 140 valence electrons. The van der Waals surface area contributed by atoms with Crippen molar-refractivity contribution in [1.29, 1.82) is 0 Å². The summed E-state index contributed by atoms with van der Waals surface area (Å²) in [6, 6.07) is 15.8. The predicted molar refractivity (Wildman–Crippen MR) is 109 cm³/mol. The molecule has 2 aromatic heterocycles.